The minimum absolute atomic E-state index is 0.0240. The quantitative estimate of drug-likeness (QED) is 0.228. The molecule has 0 N–H and O–H groups in total. The number of esters is 1. The fourth-order valence-corrected chi connectivity index (χ4v) is 6.22. The molecular weight excluding hydrogens is 559 g/mol. The first-order valence-electron chi connectivity index (χ1n) is 11.5. The smallest absolute Gasteiger partial charge is 0.305 e. The van der Waals surface area contributed by atoms with Crippen LogP contribution in [-0.4, -0.2) is 34.1 Å². The van der Waals surface area contributed by atoms with E-state index >= 15 is 0 Å². The maximum absolute atomic E-state index is 14.4. The predicted molar refractivity (Wildman–Crippen MR) is 143 cm³/mol. The van der Waals surface area contributed by atoms with Gasteiger partial charge in [0.1, 0.15) is 23.5 Å². The van der Waals surface area contributed by atoms with Gasteiger partial charge in [0.15, 0.2) is 0 Å². The Morgan fingerprint density at radius 1 is 1.11 bits per heavy atom. The molecule has 0 fully saturated rings. The van der Waals surface area contributed by atoms with Crippen molar-refractivity contribution < 1.29 is 31.5 Å². The molecule has 0 radical (unpaired) electrons. The van der Waals surface area contributed by atoms with Crippen LogP contribution in [0.3, 0.4) is 0 Å². The lowest BCUT2D eigenvalue weighted by atomic mass is 10.0. The largest absolute Gasteiger partial charge is 0.486 e. The third-order valence-electron chi connectivity index (χ3n) is 6.03. The highest BCUT2D eigenvalue weighted by molar-refractivity contribution is 7.92. The SMILES string of the molecule is COC(=O)CC[C@H]1CN(S(=O)(=O)c2ccc(F)c(Cl)c2)c2cc(/C=C(\C)c3c(F)cccc3Cl)ccc2O1. The number of rotatable bonds is 7. The molecule has 0 amide bonds. The average molecular weight is 582 g/mol. The van der Waals surface area contributed by atoms with Crippen LogP contribution in [0, 0.1) is 11.6 Å². The van der Waals surface area contributed by atoms with Gasteiger partial charge in [-0.15, -0.1) is 0 Å². The summed E-state index contributed by atoms with van der Waals surface area (Å²) in [6, 6.07) is 12.4. The van der Waals surface area contributed by atoms with Crippen LogP contribution < -0.4 is 9.04 Å². The summed E-state index contributed by atoms with van der Waals surface area (Å²) >= 11 is 12.1. The van der Waals surface area contributed by atoms with Gasteiger partial charge in [0.25, 0.3) is 10.0 Å². The summed E-state index contributed by atoms with van der Waals surface area (Å²) in [7, 11) is -2.95. The molecule has 1 heterocycles. The van der Waals surface area contributed by atoms with Crippen LogP contribution >= 0.6 is 23.2 Å². The van der Waals surface area contributed by atoms with Crippen molar-refractivity contribution >= 4 is 56.5 Å². The van der Waals surface area contributed by atoms with Crippen LogP contribution in [0.25, 0.3) is 11.6 Å². The normalized spacial score (nSPS) is 15.6. The summed E-state index contributed by atoms with van der Waals surface area (Å²) in [4.78, 5) is 11.5. The topological polar surface area (TPSA) is 72.9 Å². The standard InChI is InChI=1S/C27H23Cl2F2NO5S/c1-16(27-20(28)4-3-5-23(27)31)12-17-6-10-25-24(13-17)32(15-18(37-25)7-11-26(33)36-2)38(34,35)19-8-9-22(30)21(29)14-19/h3-6,8-10,12-14,18H,7,11,15H2,1-2H3/b16-12+/t18-/m0/s1. The number of carbonyl (C=O) groups is 1. The molecule has 38 heavy (non-hydrogen) atoms. The van der Waals surface area contributed by atoms with Gasteiger partial charge in [-0.2, -0.15) is 0 Å². The predicted octanol–water partition coefficient (Wildman–Crippen LogP) is 6.74. The number of carbonyl (C=O) groups excluding carboxylic acids is 1. The van der Waals surface area contributed by atoms with Gasteiger partial charge in [-0.25, -0.2) is 17.2 Å². The minimum atomic E-state index is -4.22. The Balaban J connectivity index is 1.78. The number of halogens is 4. The van der Waals surface area contributed by atoms with E-state index in [1.165, 1.54) is 19.2 Å². The molecule has 0 saturated heterocycles. The van der Waals surface area contributed by atoms with Crippen molar-refractivity contribution in [2.24, 2.45) is 0 Å². The molecule has 0 bridgehead atoms. The van der Waals surface area contributed by atoms with Crippen LogP contribution in [0.4, 0.5) is 14.5 Å². The lowest BCUT2D eigenvalue weighted by Crippen LogP contribution is -2.43. The number of ether oxygens (including phenoxy) is 2. The third-order valence-corrected chi connectivity index (χ3v) is 8.41. The number of nitrogens with zero attached hydrogens (tertiary/aromatic N) is 1. The first-order valence-corrected chi connectivity index (χ1v) is 13.7. The number of hydrogen-bond donors (Lipinski definition) is 0. The second kappa shape index (κ2) is 11.3. The van der Waals surface area contributed by atoms with E-state index in [4.69, 9.17) is 27.9 Å². The van der Waals surface area contributed by atoms with Crippen LogP contribution in [0.15, 0.2) is 59.5 Å². The fraction of sp³-hybridized carbons (Fsp3) is 0.222. The number of sulfonamides is 1. The molecular formula is C27H23Cl2F2NO5S. The van der Waals surface area contributed by atoms with Crippen molar-refractivity contribution in [3.05, 3.63) is 87.4 Å². The van der Waals surface area contributed by atoms with E-state index in [1.54, 1.807) is 37.3 Å². The number of fused-ring (bicyclic) bond motifs is 1. The van der Waals surface area contributed by atoms with Gasteiger partial charge in [0.2, 0.25) is 0 Å². The van der Waals surface area contributed by atoms with E-state index in [9.17, 15) is 22.0 Å². The number of benzene rings is 3. The molecule has 1 aliphatic rings. The van der Waals surface area contributed by atoms with E-state index in [1.807, 2.05) is 0 Å². The van der Waals surface area contributed by atoms with Crippen molar-refractivity contribution in [2.75, 3.05) is 18.0 Å². The fourth-order valence-electron chi connectivity index (χ4n) is 4.14. The van der Waals surface area contributed by atoms with Crippen LogP contribution in [-0.2, 0) is 19.6 Å². The molecule has 11 heteroatoms. The highest BCUT2D eigenvalue weighted by Crippen LogP contribution is 2.40. The molecule has 3 aromatic rings. The van der Waals surface area contributed by atoms with Crippen molar-refractivity contribution in [3.8, 4) is 5.75 Å². The number of allylic oxidation sites excluding steroid dienone is 1. The molecule has 0 spiro atoms. The number of hydrogen-bond acceptors (Lipinski definition) is 5. The van der Waals surface area contributed by atoms with E-state index in [0.717, 1.165) is 22.5 Å². The van der Waals surface area contributed by atoms with Crippen molar-refractivity contribution in [1.29, 1.82) is 0 Å². The average Bonchev–Trinajstić information content (AvgIpc) is 2.88. The van der Waals surface area contributed by atoms with Gasteiger partial charge in [-0.3, -0.25) is 9.10 Å². The molecule has 200 valence electrons. The first kappa shape index (κ1) is 27.9. The highest BCUT2D eigenvalue weighted by atomic mass is 35.5. The van der Waals surface area contributed by atoms with Gasteiger partial charge in [-0.1, -0.05) is 41.4 Å². The summed E-state index contributed by atoms with van der Waals surface area (Å²) < 4.78 is 67.5. The Hall–Kier alpha value is -3.14. The van der Waals surface area contributed by atoms with Crippen LogP contribution in [0.2, 0.25) is 10.0 Å². The zero-order valence-corrected chi connectivity index (χ0v) is 22.7. The first-order chi connectivity index (χ1) is 18.0. The van der Waals surface area contributed by atoms with Gasteiger partial charge >= 0.3 is 5.97 Å². The van der Waals surface area contributed by atoms with E-state index in [2.05, 4.69) is 4.74 Å². The van der Waals surface area contributed by atoms with Crippen molar-refractivity contribution in [3.63, 3.8) is 0 Å². The highest BCUT2D eigenvalue weighted by Gasteiger charge is 2.35. The maximum atomic E-state index is 14.4. The summed E-state index contributed by atoms with van der Waals surface area (Å²) in [5, 5.41) is -0.0956. The Kier molecular flexibility index (Phi) is 8.30. The minimum Gasteiger partial charge on any atom is -0.486 e. The molecule has 0 aromatic heterocycles. The zero-order chi connectivity index (χ0) is 27.6. The van der Waals surface area contributed by atoms with Gasteiger partial charge in [0, 0.05) is 12.0 Å². The number of anilines is 1. The molecule has 6 nitrogen and oxygen atoms in total. The molecule has 0 aliphatic carbocycles. The molecule has 1 aliphatic heterocycles. The molecule has 1 atom stereocenters. The Morgan fingerprint density at radius 2 is 1.87 bits per heavy atom. The Labute approximate surface area is 229 Å². The van der Waals surface area contributed by atoms with Gasteiger partial charge < -0.3 is 9.47 Å². The third kappa shape index (κ3) is 5.80. The van der Waals surface area contributed by atoms with E-state index < -0.39 is 33.7 Å². The Morgan fingerprint density at radius 3 is 2.55 bits per heavy atom. The maximum Gasteiger partial charge on any atom is 0.305 e. The molecule has 0 saturated carbocycles. The second-order valence-electron chi connectivity index (χ2n) is 8.62. The summed E-state index contributed by atoms with van der Waals surface area (Å²) in [6.45, 7) is 1.57. The molecule has 3 aromatic carbocycles. The lowest BCUT2D eigenvalue weighted by molar-refractivity contribution is -0.141. The zero-order valence-electron chi connectivity index (χ0n) is 20.4. The Bertz CT molecular complexity index is 1510. The van der Waals surface area contributed by atoms with Crippen LogP contribution in [0.1, 0.15) is 30.9 Å². The lowest BCUT2D eigenvalue weighted by Gasteiger charge is -2.35. The summed E-state index contributed by atoms with van der Waals surface area (Å²) in [5.74, 6) is -1.43. The van der Waals surface area contributed by atoms with Crippen molar-refractivity contribution in [1.82, 2.24) is 0 Å². The van der Waals surface area contributed by atoms with E-state index in [0.29, 0.717) is 11.1 Å². The van der Waals surface area contributed by atoms with Gasteiger partial charge in [0.05, 0.1) is 34.3 Å². The summed E-state index contributed by atoms with van der Waals surface area (Å²) in [6.07, 6.45) is 1.24. The van der Waals surface area contributed by atoms with Crippen molar-refractivity contribution in [2.45, 2.75) is 30.8 Å². The molecule has 0 unspecified atom stereocenters. The second-order valence-corrected chi connectivity index (χ2v) is 11.3. The monoisotopic (exact) mass is 581 g/mol. The van der Waals surface area contributed by atoms with Crippen LogP contribution in [0.5, 0.6) is 5.75 Å². The number of methoxy groups -OCH3 is 1. The van der Waals surface area contributed by atoms with E-state index in [-0.39, 0.29) is 51.3 Å². The van der Waals surface area contributed by atoms with Gasteiger partial charge in [-0.05, 0) is 66.9 Å². The summed E-state index contributed by atoms with van der Waals surface area (Å²) in [5.41, 5.74) is 1.55. The molecule has 4 rings (SSSR count).